The fourth-order valence-electron chi connectivity index (χ4n) is 2.96. The Balaban J connectivity index is 1.98. The summed E-state index contributed by atoms with van der Waals surface area (Å²) in [4.78, 5) is 21.0. The number of aryl methyl sites for hydroxylation is 2. The van der Waals surface area contributed by atoms with Gasteiger partial charge in [-0.3, -0.25) is 0 Å². The standard InChI is InChI=1S/C14H21N5O2S/c1-8-11-12(18(4)16-8)15-14(22-11)19-7-9(17(2)3)6-10(19)13(20)21-5/h9-10H,6-7H2,1-5H3/t9-,10+/m1/s1. The van der Waals surface area contributed by atoms with Crippen molar-refractivity contribution in [2.45, 2.75) is 25.4 Å². The third-order valence-corrected chi connectivity index (χ3v) is 5.45. The molecule has 2 aromatic heterocycles. The highest BCUT2D eigenvalue weighted by Crippen LogP contribution is 2.35. The molecule has 1 aliphatic rings. The van der Waals surface area contributed by atoms with Crippen molar-refractivity contribution in [1.82, 2.24) is 19.7 Å². The molecule has 0 amide bonds. The van der Waals surface area contributed by atoms with Gasteiger partial charge in [-0.1, -0.05) is 11.3 Å². The Kier molecular flexibility index (Phi) is 3.82. The first kappa shape index (κ1) is 15.2. The van der Waals surface area contributed by atoms with Crippen LogP contribution in [-0.2, 0) is 16.6 Å². The van der Waals surface area contributed by atoms with Crippen LogP contribution in [0, 0.1) is 6.92 Å². The molecule has 0 radical (unpaired) electrons. The summed E-state index contributed by atoms with van der Waals surface area (Å²) in [6, 6.07) is 0.0431. The zero-order valence-electron chi connectivity index (χ0n) is 13.5. The number of methoxy groups -OCH3 is 1. The number of fused-ring (bicyclic) bond motifs is 1. The van der Waals surface area contributed by atoms with Crippen LogP contribution in [-0.4, -0.2) is 65.5 Å². The first-order valence-electron chi connectivity index (χ1n) is 7.23. The summed E-state index contributed by atoms with van der Waals surface area (Å²) in [7, 11) is 7.41. The Morgan fingerprint density at radius 1 is 1.45 bits per heavy atom. The molecular weight excluding hydrogens is 302 g/mol. The highest BCUT2D eigenvalue weighted by atomic mass is 32.1. The van der Waals surface area contributed by atoms with Gasteiger partial charge in [-0.25, -0.2) is 14.5 Å². The van der Waals surface area contributed by atoms with Gasteiger partial charge in [0.1, 0.15) is 6.04 Å². The van der Waals surface area contributed by atoms with E-state index in [1.165, 1.54) is 7.11 Å². The summed E-state index contributed by atoms with van der Waals surface area (Å²) in [6.45, 7) is 2.76. The molecule has 0 spiro atoms. The first-order valence-corrected chi connectivity index (χ1v) is 8.05. The van der Waals surface area contributed by atoms with E-state index in [9.17, 15) is 4.79 Å². The summed E-state index contributed by atoms with van der Waals surface area (Å²) < 4.78 is 7.84. The number of aromatic nitrogens is 3. The number of likely N-dealkylation sites (N-methyl/N-ethyl adjacent to an activating group) is 1. The Labute approximate surface area is 133 Å². The van der Waals surface area contributed by atoms with Gasteiger partial charge in [-0.05, 0) is 27.4 Å². The molecule has 0 N–H and O–H groups in total. The lowest BCUT2D eigenvalue weighted by Gasteiger charge is -2.22. The van der Waals surface area contributed by atoms with E-state index in [4.69, 9.17) is 9.72 Å². The van der Waals surface area contributed by atoms with Gasteiger partial charge in [0.15, 0.2) is 10.8 Å². The number of carbonyl (C=O) groups is 1. The van der Waals surface area contributed by atoms with E-state index < -0.39 is 0 Å². The van der Waals surface area contributed by atoms with Gasteiger partial charge in [-0.15, -0.1) is 0 Å². The number of rotatable bonds is 3. The van der Waals surface area contributed by atoms with E-state index in [0.29, 0.717) is 6.04 Å². The molecular formula is C14H21N5O2S. The molecule has 0 unspecified atom stereocenters. The summed E-state index contributed by atoms with van der Waals surface area (Å²) in [5, 5.41) is 5.24. The Hall–Kier alpha value is -1.67. The van der Waals surface area contributed by atoms with E-state index in [-0.39, 0.29) is 12.0 Å². The lowest BCUT2D eigenvalue weighted by Crippen LogP contribution is -2.37. The van der Waals surface area contributed by atoms with Crippen LogP contribution in [0.25, 0.3) is 10.3 Å². The van der Waals surface area contributed by atoms with Crippen molar-refractivity contribution in [2.24, 2.45) is 7.05 Å². The van der Waals surface area contributed by atoms with Gasteiger partial charge in [0.05, 0.1) is 17.5 Å². The molecule has 2 aromatic rings. The zero-order chi connectivity index (χ0) is 16.0. The van der Waals surface area contributed by atoms with Crippen LogP contribution in [0.4, 0.5) is 5.13 Å². The average Bonchev–Trinajstić information content (AvgIpc) is 3.14. The van der Waals surface area contributed by atoms with Gasteiger partial charge in [0.25, 0.3) is 0 Å². The van der Waals surface area contributed by atoms with Crippen LogP contribution in [0.3, 0.4) is 0 Å². The second-order valence-corrected chi connectivity index (χ2v) is 6.88. The highest BCUT2D eigenvalue weighted by Gasteiger charge is 2.40. The molecule has 0 bridgehead atoms. The SMILES string of the molecule is COC(=O)[C@@H]1C[C@@H](N(C)C)CN1c1nc2c(s1)c(C)nn2C. The van der Waals surface area contributed by atoms with Crippen LogP contribution in [0.2, 0.25) is 0 Å². The van der Waals surface area contributed by atoms with Crippen molar-refractivity contribution >= 4 is 32.8 Å². The van der Waals surface area contributed by atoms with Crippen molar-refractivity contribution in [3.63, 3.8) is 0 Å². The van der Waals surface area contributed by atoms with Crippen LogP contribution in [0.1, 0.15) is 12.1 Å². The van der Waals surface area contributed by atoms with E-state index >= 15 is 0 Å². The minimum atomic E-state index is -0.272. The maximum absolute atomic E-state index is 12.1. The van der Waals surface area contributed by atoms with Gasteiger partial charge in [-0.2, -0.15) is 5.10 Å². The summed E-state index contributed by atoms with van der Waals surface area (Å²) in [5.74, 6) is -0.196. The lowest BCUT2D eigenvalue weighted by atomic mass is 10.1. The largest absolute Gasteiger partial charge is 0.467 e. The molecule has 120 valence electrons. The van der Waals surface area contributed by atoms with Crippen molar-refractivity contribution in [1.29, 1.82) is 0 Å². The summed E-state index contributed by atoms with van der Waals surface area (Å²) >= 11 is 1.59. The van der Waals surface area contributed by atoms with Crippen LogP contribution in [0.15, 0.2) is 0 Å². The number of hydrogen-bond acceptors (Lipinski definition) is 7. The second-order valence-electron chi connectivity index (χ2n) is 5.90. The van der Waals surface area contributed by atoms with Crippen molar-refractivity contribution in [2.75, 3.05) is 32.6 Å². The van der Waals surface area contributed by atoms with E-state index in [2.05, 4.69) is 14.9 Å². The van der Waals surface area contributed by atoms with Crippen LogP contribution < -0.4 is 4.90 Å². The Morgan fingerprint density at radius 3 is 2.77 bits per heavy atom. The molecule has 1 saturated heterocycles. The predicted octanol–water partition coefficient (Wildman–Crippen LogP) is 1.02. The highest BCUT2D eigenvalue weighted by molar-refractivity contribution is 7.22. The second kappa shape index (κ2) is 5.51. The quantitative estimate of drug-likeness (QED) is 0.786. The number of esters is 1. The normalized spacial score (nSPS) is 22.0. The molecule has 8 heteroatoms. The Morgan fingerprint density at radius 2 is 2.18 bits per heavy atom. The van der Waals surface area contributed by atoms with Crippen molar-refractivity contribution in [3.8, 4) is 0 Å². The zero-order valence-corrected chi connectivity index (χ0v) is 14.3. The number of hydrogen-bond donors (Lipinski definition) is 0. The molecule has 22 heavy (non-hydrogen) atoms. The van der Waals surface area contributed by atoms with Crippen LogP contribution in [0.5, 0.6) is 0 Å². The number of nitrogens with zero attached hydrogens (tertiary/aromatic N) is 5. The predicted molar refractivity (Wildman–Crippen MR) is 86.4 cm³/mol. The fraction of sp³-hybridized carbons (Fsp3) is 0.643. The molecule has 0 aromatic carbocycles. The lowest BCUT2D eigenvalue weighted by molar-refractivity contribution is -0.142. The third kappa shape index (κ3) is 2.36. The number of carbonyl (C=O) groups excluding carboxylic acids is 1. The van der Waals surface area contributed by atoms with Gasteiger partial charge >= 0.3 is 5.97 Å². The maximum atomic E-state index is 12.1. The molecule has 3 rings (SSSR count). The molecule has 0 saturated carbocycles. The molecule has 1 aliphatic heterocycles. The maximum Gasteiger partial charge on any atom is 0.328 e. The first-order chi connectivity index (χ1) is 10.4. The average molecular weight is 323 g/mol. The number of thiazole rings is 1. The fourth-order valence-corrected chi connectivity index (χ4v) is 4.05. The van der Waals surface area contributed by atoms with E-state index in [0.717, 1.165) is 34.1 Å². The van der Waals surface area contributed by atoms with E-state index in [1.807, 2.05) is 28.1 Å². The van der Waals surface area contributed by atoms with Crippen molar-refractivity contribution < 1.29 is 9.53 Å². The molecule has 3 heterocycles. The monoisotopic (exact) mass is 323 g/mol. The van der Waals surface area contributed by atoms with Gasteiger partial charge in [0.2, 0.25) is 0 Å². The smallest absolute Gasteiger partial charge is 0.328 e. The Bertz CT molecular complexity index is 673. The molecule has 2 atom stereocenters. The third-order valence-electron chi connectivity index (χ3n) is 4.26. The number of anilines is 1. The summed E-state index contributed by atoms with van der Waals surface area (Å²) in [5.41, 5.74) is 1.84. The molecule has 0 aliphatic carbocycles. The number of ether oxygens (including phenoxy) is 1. The minimum Gasteiger partial charge on any atom is -0.467 e. The van der Waals surface area contributed by atoms with Crippen LogP contribution >= 0.6 is 11.3 Å². The molecule has 1 fully saturated rings. The topological polar surface area (TPSA) is 63.5 Å². The van der Waals surface area contributed by atoms with Crippen molar-refractivity contribution in [3.05, 3.63) is 5.69 Å². The molecule has 7 nitrogen and oxygen atoms in total. The van der Waals surface area contributed by atoms with Gasteiger partial charge < -0.3 is 14.5 Å². The van der Waals surface area contributed by atoms with E-state index in [1.54, 1.807) is 16.0 Å². The summed E-state index contributed by atoms with van der Waals surface area (Å²) in [6.07, 6.45) is 0.757. The van der Waals surface area contributed by atoms with Gasteiger partial charge in [0, 0.05) is 19.6 Å². The minimum absolute atomic E-state index is 0.196.